The van der Waals surface area contributed by atoms with Crippen LogP contribution >= 0.6 is 11.6 Å². The number of nitrogens with zero attached hydrogens (tertiary/aromatic N) is 3. The highest BCUT2D eigenvalue weighted by molar-refractivity contribution is 6.32. The highest BCUT2D eigenvalue weighted by Crippen LogP contribution is 2.26. The van der Waals surface area contributed by atoms with Gasteiger partial charge in [0.25, 0.3) is 5.09 Å². The number of nitrogen functional groups attached to an aromatic ring is 1. The predicted octanol–water partition coefficient (Wildman–Crippen LogP) is 4.59. The molecule has 0 bridgehead atoms. The first kappa shape index (κ1) is 25.7. The second-order valence-corrected chi connectivity index (χ2v) is 8.17. The number of halogens is 1. The Kier molecular flexibility index (Phi) is 8.43. The van der Waals surface area contributed by atoms with Crippen molar-refractivity contribution in [3.8, 4) is 11.1 Å². The topological polar surface area (TPSA) is 146 Å². The molecule has 0 saturated heterocycles. The molecule has 10 nitrogen and oxygen atoms in total. The van der Waals surface area contributed by atoms with Gasteiger partial charge in [-0.1, -0.05) is 73.5 Å². The predicted molar refractivity (Wildman–Crippen MR) is 131 cm³/mol. The standard InChI is InChI=1S/C24H26ClN5O5/c1-3-4-9-20-28-22(25)21(24(31)34-15(2)35-30(32)33)29(20)14-16-10-12-17(13-11-16)18-7-5-6-8-19(18)23(26)27/h5-8,10-13,15H,3-4,9,14H2,1-2H3,(H3,26,27). The molecule has 35 heavy (non-hydrogen) atoms. The number of imidazole rings is 1. The maximum absolute atomic E-state index is 12.8. The number of hydrogen-bond acceptors (Lipinski definition) is 7. The molecule has 11 heteroatoms. The molecular formula is C24H26ClN5O5. The molecule has 0 aliphatic carbocycles. The Morgan fingerprint density at radius 2 is 1.94 bits per heavy atom. The number of benzene rings is 2. The fraction of sp³-hybridized carbons (Fsp3) is 0.292. The molecule has 0 radical (unpaired) electrons. The molecule has 2 aromatic carbocycles. The van der Waals surface area contributed by atoms with Crippen LogP contribution in [-0.4, -0.2) is 32.7 Å². The minimum absolute atomic E-state index is 0.00238. The fourth-order valence-corrected chi connectivity index (χ4v) is 3.93. The van der Waals surface area contributed by atoms with Gasteiger partial charge in [0.2, 0.25) is 6.29 Å². The first-order valence-corrected chi connectivity index (χ1v) is 11.4. The fourth-order valence-electron chi connectivity index (χ4n) is 3.65. The number of unbranched alkanes of at least 4 members (excludes halogenated alkanes) is 1. The van der Waals surface area contributed by atoms with Crippen LogP contribution in [0.4, 0.5) is 0 Å². The van der Waals surface area contributed by atoms with Crippen LogP contribution in [0.1, 0.15) is 54.1 Å². The maximum Gasteiger partial charge on any atom is 0.360 e. The number of esters is 1. The first-order chi connectivity index (χ1) is 16.7. The van der Waals surface area contributed by atoms with Crippen molar-refractivity contribution in [1.29, 1.82) is 5.41 Å². The third-order valence-electron chi connectivity index (χ3n) is 5.28. The van der Waals surface area contributed by atoms with E-state index in [0.29, 0.717) is 17.8 Å². The minimum Gasteiger partial charge on any atom is -0.431 e. The lowest BCUT2D eigenvalue weighted by molar-refractivity contribution is -0.777. The number of amidine groups is 1. The molecule has 3 N–H and O–H groups in total. The molecule has 0 aliphatic heterocycles. The summed E-state index contributed by atoms with van der Waals surface area (Å²) in [7, 11) is 0. The van der Waals surface area contributed by atoms with Gasteiger partial charge in [0, 0.05) is 18.5 Å². The molecule has 0 spiro atoms. The van der Waals surface area contributed by atoms with E-state index < -0.39 is 17.3 Å². The Labute approximate surface area is 207 Å². The van der Waals surface area contributed by atoms with E-state index in [4.69, 9.17) is 27.5 Å². The summed E-state index contributed by atoms with van der Waals surface area (Å²) < 4.78 is 6.72. The summed E-state index contributed by atoms with van der Waals surface area (Å²) in [5.41, 5.74) is 8.95. The molecule has 0 aliphatic rings. The van der Waals surface area contributed by atoms with Gasteiger partial charge in [0.15, 0.2) is 10.8 Å². The average molecular weight is 500 g/mol. The summed E-state index contributed by atoms with van der Waals surface area (Å²) in [4.78, 5) is 32.0. The van der Waals surface area contributed by atoms with Crippen LogP contribution in [0, 0.1) is 15.5 Å². The van der Waals surface area contributed by atoms with Crippen LogP contribution in [0.5, 0.6) is 0 Å². The van der Waals surface area contributed by atoms with Crippen molar-refractivity contribution < 1.29 is 19.5 Å². The molecule has 0 amide bonds. The van der Waals surface area contributed by atoms with Crippen LogP contribution in [-0.2, 0) is 22.5 Å². The van der Waals surface area contributed by atoms with Gasteiger partial charge >= 0.3 is 5.97 Å². The zero-order valence-corrected chi connectivity index (χ0v) is 20.1. The Hall–Kier alpha value is -3.92. The van der Waals surface area contributed by atoms with Crippen molar-refractivity contribution in [3.05, 3.63) is 86.4 Å². The lowest BCUT2D eigenvalue weighted by atomic mass is 9.98. The van der Waals surface area contributed by atoms with Crippen LogP contribution in [0.15, 0.2) is 48.5 Å². The van der Waals surface area contributed by atoms with Crippen molar-refractivity contribution in [3.63, 3.8) is 0 Å². The number of carbonyl (C=O) groups is 1. The summed E-state index contributed by atoms with van der Waals surface area (Å²) in [6.07, 6.45) is 0.942. The molecule has 0 saturated carbocycles. The van der Waals surface area contributed by atoms with E-state index in [2.05, 4.69) is 9.82 Å². The van der Waals surface area contributed by atoms with Crippen molar-refractivity contribution >= 4 is 23.4 Å². The van der Waals surface area contributed by atoms with Gasteiger partial charge in [-0.05, 0) is 30.0 Å². The van der Waals surface area contributed by atoms with Gasteiger partial charge in [-0.15, -0.1) is 10.1 Å². The summed E-state index contributed by atoms with van der Waals surface area (Å²) in [5.74, 6) is -0.277. The number of hydrogen-bond donors (Lipinski definition) is 2. The number of nitrogens with two attached hydrogens (primary N) is 1. The van der Waals surface area contributed by atoms with Gasteiger partial charge < -0.3 is 15.0 Å². The Bertz CT molecular complexity index is 1230. The first-order valence-electron chi connectivity index (χ1n) is 11.0. The number of aromatic nitrogens is 2. The Morgan fingerprint density at radius 3 is 2.57 bits per heavy atom. The molecule has 3 rings (SSSR count). The molecule has 1 unspecified atom stereocenters. The van der Waals surface area contributed by atoms with E-state index in [1.54, 1.807) is 10.6 Å². The van der Waals surface area contributed by atoms with Crippen LogP contribution in [0.2, 0.25) is 5.15 Å². The number of ether oxygens (including phenoxy) is 1. The molecule has 1 aromatic heterocycles. The SMILES string of the molecule is CCCCc1nc(Cl)c(C(=O)OC(C)O[N+](=O)[O-])n1Cc1ccc(-c2ccccc2C(=N)N)cc1. The van der Waals surface area contributed by atoms with Crippen molar-refractivity contribution in [1.82, 2.24) is 9.55 Å². The third kappa shape index (κ3) is 6.36. The second-order valence-electron chi connectivity index (χ2n) is 7.82. The summed E-state index contributed by atoms with van der Waals surface area (Å²) in [5, 5.41) is 17.3. The lowest BCUT2D eigenvalue weighted by Gasteiger charge is -2.15. The molecule has 1 atom stereocenters. The van der Waals surface area contributed by atoms with Crippen LogP contribution in [0.25, 0.3) is 11.1 Å². The van der Waals surface area contributed by atoms with Crippen LogP contribution < -0.4 is 5.73 Å². The summed E-state index contributed by atoms with van der Waals surface area (Å²) >= 11 is 6.29. The monoisotopic (exact) mass is 499 g/mol. The Morgan fingerprint density at radius 1 is 1.26 bits per heavy atom. The van der Waals surface area contributed by atoms with Crippen molar-refractivity contribution in [2.75, 3.05) is 0 Å². The van der Waals surface area contributed by atoms with Gasteiger partial charge in [-0.25, -0.2) is 9.78 Å². The highest BCUT2D eigenvalue weighted by Gasteiger charge is 2.26. The molecular weight excluding hydrogens is 474 g/mol. The molecule has 1 heterocycles. The zero-order chi connectivity index (χ0) is 25.5. The largest absolute Gasteiger partial charge is 0.431 e. The lowest BCUT2D eigenvalue weighted by Crippen LogP contribution is -2.23. The van der Waals surface area contributed by atoms with E-state index in [0.717, 1.165) is 29.5 Å². The van der Waals surface area contributed by atoms with E-state index in [1.165, 1.54) is 6.92 Å². The van der Waals surface area contributed by atoms with E-state index in [-0.39, 0.29) is 23.2 Å². The minimum atomic E-state index is -1.41. The van der Waals surface area contributed by atoms with E-state index in [9.17, 15) is 14.9 Å². The van der Waals surface area contributed by atoms with Gasteiger partial charge in [-0.3, -0.25) is 10.2 Å². The molecule has 3 aromatic rings. The number of carbonyl (C=O) groups excluding carboxylic acids is 1. The van der Waals surface area contributed by atoms with E-state index >= 15 is 0 Å². The van der Waals surface area contributed by atoms with Crippen molar-refractivity contribution in [2.45, 2.75) is 45.9 Å². The third-order valence-corrected chi connectivity index (χ3v) is 5.55. The summed E-state index contributed by atoms with van der Waals surface area (Å²) in [6.45, 7) is 3.56. The van der Waals surface area contributed by atoms with E-state index in [1.807, 2.05) is 49.4 Å². The maximum atomic E-state index is 12.8. The zero-order valence-electron chi connectivity index (χ0n) is 19.4. The smallest absolute Gasteiger partial charge is 0.360 e. The number of rotatable bonds is 11. The molecule has 0 fully saturated rings. The van der Waals surface area contributed by atoms with Gasteiger partial charge in [0.1, 0.15) is 11.7 Å². The van der Waals surface area contributed by atoms with Gasteiger partial charge in [0.05, 0.1) is 0 Å². The normalized spacial score (nSPS) is 11.6. The number of nitrogens with one attached hydrogen (secondary N) is 1. The second kappa shape index (κ2) is 11.5. The Balaban J connectivity index is 1.91. The number of aryl methyl sites for hydroxylation is 1. The molecule has 184 valence electrons. The van der Waals surface area contributed by atoms with Gasteiger partial charge in [-0.2, -0.15) is 0 Å². The average Bonchev–Trinajstić information content (AvgIpc) is 3.12. The summed E-state index contributed by atoms with van der Waals surface area (Å²) in [6, 6.07) is 15.0. The van der Waals surface area contributed by atoms with Crippen molar-refractivity contribution in [2.24, 2.45) is 5.73 Å². The quantitative estimate of drug-likeness (QED) is 0.0978. The van der Waals surface area contributed by atoms with Crippen LogP contribution in [0.3, 0.4) is 0 Å². The highest BCUT2D eigenvalue weighted by atomic mass is 35.5.